The summed E-state index contributed by atoms with van der Waals surface area (Å²) in [4.78, 5) is 11.0. The lowest BCUT2D eigenvalue weighted by Gasteiger charge is -2.45. The molecule has 0 radical (unpaired) electrons. The van der Waals surface area contributed by atoms with Crippen molar-refractivity contribution < 1.29 is 20.1 Å². The van der Waals surface area contributed by atoms with Gasteiger partial charge in [0.05, 0.1) is 11.7 Å². The highest BCUT2D eigenvalue weighted by molar-refractivity contribution is 5.87. The van der Waals surface area contributed by atoms with Gasteiger partial charge in [-0.25, -0.2) is 14.8 Å². The summed E-state index contributed by atoms with van der Waals surface area (Å²) in [5, 5.41) is 34.2. The van der Waals surface area contributed by atoms with E-state index in [4.69, 9.17) is 5.11 Å². The minimum Gasteiger partial charge on any atom is -0.478 e. The van der Waals surface area contributed by atoms with Crippen LogP contribution in [0.3, 0.4) is 0 Å². The van der Waals surface area contributed by atoms with Gasteiger partial charge in [0.15, 0.2) is 0 Å². The predicted molar refractivity (Wildman–Crippen MR) is 108 cm³/mol. The number of hydrazine groups is 1. The van der Waals surface area contributed by atoms with Crippen molar-refractivity contribution in [2.75, 3.05) is 19.6 Å². The number of carboxylic acid groups (broad SMARTS) is 1. The second kappa shape index (κ2) is 9.35. The predicted octanol–water partition coefficient (Wildman–Crippen LogP) is 2.89. The molecule has 1 aliphatic carbocycles. The average molecular weight is 391 g/mol. The van der Waals surface area contributed by atoms with Gasteiger partial charge in [0, 0.05) is 26.1 Å². The fourth-order valence-corrected chi connectivity index (χ4v) is 4.65. The smallest absolute Gasteiger partial charge is 0.335 e. The van der Waals surface area contributed by atoms with Crippen molar-refractivity contribution in [3.8, 4) is 0 Å². The van der Waals surface area contributed by atoms with Gasteiger partial charge < -0.3 is 15.3 Å². The van der Waals surface area contributed by atoms with Gasteiger partial charge in [-0.15, -0.1) is 0 Å². The van der Waals surface area contributed by atoms with Crippen LogP contribution in [-0.2, 0) is 6.42 Å². The van der Waals surface area contributed by atoms with E-state index in [2.05, 4.69) is 11.9 Å². The molecule has 0 spiro atoms. The van der Waals surface area contributed by atoms with Crippen LogP contribution in [0.25, 0.3) is 0 Å². The zero-order valence-electron chi connectivity index (χ0n) is 16.9. The maximum Gasteiger partial charge on any atom is 0.335 e. The summed E-state index contributed by atoms with van der Waals surface area (Å²) < 4.78 is 0. The van der Waals surface area contributed by atoms with Gasteiger partial charge in [-0.1, -0.05) is 25.5 Å². The molecule has 1 unspecified atom stereocenters. The molecule has 2 atom stereocenters. The SMILES string of the molecule is CCC1([C@@H](O)CCCN2CCC(O)N2CCc2ccc(C(=O)O)cc2)CCC1. The zero-order valence-corrected chi connectivity index (χ0v) is 16.9. The lowest BCUT2D eigenvalue weighted by Crippen LogP contribution is -2.44. The molecule has 6 heteroatoms. The number of aliphatic hydroxyl groups excluding tert-OH is 2. The molecule has 1 aromatic carbocycles. The van der Waals surface area contributed by atoms with Crippen molar-refractivity contribution in [2.24, 2.45) is 5.41 Å². The topological polar surface area (TPSA) is 84.2 Å². The van der Waals surface area contributed by atoms with E-state index < -0.39 is 12.2 Å². The molecule has 0 bridgehead atoms. The minimum absolute atomic E-state index is 0.159. The number of aromatic carboxylic acids is 1. The first-order chi connectivity index (χ1) is 13.4. The number of nitrogens with zero attached hydrogens (tertiary/aromatic N) is 2. The van der Waals surface area contributed by atoms with Gasteiger partial charge in [0.2, 0.25) is 0 Å². The van der Waals surface area contributed by atoms with Crippen molar-refractivity contribution in [1.29, 1.82) is 0 Å². The second-order valence-electron chi connectivity index (χ2n) is 8.37. The third-order valence-corrected chi connectivity index (χ3v) is 6.84. The Labute approximate surface area is 167 Å². The van der Waals surface area contributed by atoms with Crippen molar-refractivity contribution in [3.63, 3.8) is 0 Å². The number of benzene rings is 1. The quantitative estimate of drug-likeness (QED) is 0.570. The Bertz CT molecular complexity index is 639. The van der Waals surface area contributed by atoms with Crippen LogP contribution in [0.4, 0.5) is 0 Å². The molecular formula is C22H34N2O4. The zero-order chi connectivity index (χ0) is 20.1. The summed E-state index contributed by atoms with van der Waals surface area (Å²) in [6.45, 7) is 4.58. The fraction of sp³-hybridized carbons (Fsp3) is 0.682. The maximum atomic E-state index is 11.0. The van der Waals surface area contributed by atoms with Crippen LogP contribution in [0.1, 0.15) is 67.8 Å². The Kier molecular flexibility index (Phi) is 7.10. The van der Waals surface area contributed by atoms with E-state index in [-0.39, 0.29) is 11.5 Å². The third-order valence-electron chi connectivity index (χ3n) is 6.84. The highest BCUT2D eigenvalue weighted by Gasteiger charge is 2.41. The fourth-order valence-electron chi connectivity index (χ4n) is 4.65. The van der Waals surface area contributed by atoms with Crippen LogP contribution >= 0.6 is 0 Å². The molecule has 1 aromatic rings. The molecule has 3 rings (SSSR count). The van der Waals surface area contributed by atoms with Crippen molar-refractivity contribution in [3.05, 3.63) is 35.4 Å². The molecule has 2 fully saturated rings. The average Bonchev–Trinajstić information content (AvgIpc) is 2.99. The molecule has 1 saturated carbocycles. The summed E-state index contributed by atoms with van der Waals surface area (Å²) >= 11 is 0. The second-order valence-corrected chi connectivity index (χ2v) is 8.37. The maximum absolute atomic E-state index is 11.0. The van der Waals surface area contributed by atoms with Gasteiger partial charge in [-0.3, -0.25) is 0 Å². The summed E-state index contributed by atoms with van der Waals surface area (Å²) in [5.41, 5.74) is 1.52. The molecule has 28 heavy (non-hydrogen) atoms. The molecule has 2 aliphatic rings. The molecule has 0 amide bonds. The van der Waals surface area contributed by atoms with E-state index in [1.807, 2.05) is 17.1 Å². The molecule has 1 aliphatic heterocycles. The van der Waals surface area contributed by atoms with Crippen molar-refractivity contribution >= 4 is 5.97 Å². The largest absolute Gasteiger partial charge is 0.478 e. The van der Waals surface area contributed by atoms with Crippen LogP contribution in [0.2, 0.25) is 0 Å². The van der Waals surface area contributed by atoms with E-state index in [9.17, 15) is 15.0 Å². The Hall–Kier alpha value is -1.47. The van der Waals surface area contributed by atoms with Gasteiger partial charge in [-0.2, -0.15) is 0 Å². The van der Waals surface area contributed by atoms with Crippen LogP contribution in [0.5, 0.6) is 0 Å². The van der Waals surface area contributed by atoms with E-state index in [1.54, 1.807) is 12.1 Å². The number of aliphatic hydroxyl groups is 2. The number of rotatable bonds is 10. The normalized spacial score (nSPS) is 23.5. The van der Waals surface area contributed by atoms with Crippen molar-refractivity contribution in [1.82, 2.24) is 10.0 Å². The lowest BCUT2D eigenvalue weighted by molar-refractivity contribution is -0.0870. The van der Waals surface area contributed by atoms with Crippen LogP contribution in [-0.4, -0.2) is 63.3 Å². The highest BCUT2D eigenvalue weighted by Crippen LogP contribution is 2.47. The molecular weight excluding hydrogens is 356 g/mol. The van der Waals surface area contributed by atoms with Gasteiger partial charge in [0.1, 0.15) is 6.23 Å². The van der Waals surface area contributed by atoms with E-state index >= 15 is 0 Å². The van der Waals surface area contributed by atoms with Crippen molar-refractivity contribution in [2.45, 2.75) is 70.6 Å². The molecule has 1 saturated heterocycles. The first-order valence-electron chi connectivity index (χ1n) is 10.6. The number of carbonyl (C=O) groups is 1. The molecule has 1 heterocycles. The third kappa shape index (κ3) is 4.74. The molecule has 6 nitrogen and oxygen atoms in total. The summed E-state index contributed by atoms with van der Waals surface area (Å²) in [5.74, 6) is -0.915. The molecule has 3 N–H and O–H groups in total. The van der Waals surface area contributed by atoms with Gasteiger partial charge in [-0.05, 0) is 61.6 Å². The van der Waals surface area contributed by atoms with Crippen LogP contribution < -0.4 is 0 Å². The van der Waals surface area contributed by atoms with E-state index in [0.717, 1.165) is 63.6 Å². The summed E-state index contributed by atoms with van der Waals surface area (Å²) in [6, 6.07) is 6.94. The highest BCUT2D eigenvalue weighted by atomic mass is 16.4. The Morgan fingerprint density at radius 2 is 1.96 bits per heavy atom. The summed E-state index contributed by atoms with van der Waals surface area (Å²) in [6.07, 6.45) is 7.18. The number of hydrogen-bond donors (Lipinski definition) is 3. The molecule has 156 valence electrons. The van der Waals surface area contributed by atoms with E-state index in [0.29, 0.717) is 12.1 Å². The van der Waals surface area contributed by atoms with Crippen LogP contribution in [0, 0.1) is 5.41 Å². The minimum atomic E-state index is -0.915. The van der Waals surface area contributed by atoms with E-state index in [1.165, 1.54) is 6.42 Å². The van der Waals surface area contributed by atoms with Gasteiger partial charge in [0.25, 0.3) is 0 Å². The first-order valence-corrected chi connectivity index (χ1v) is 10.6. The summed E-state index contributed by atoms with van der Waals surface area (Å²) in [7, 11) is 0. The molecule has 0 aromatic heterocycles. The standard InChI is InChI=1S/C22H34N2O4/c1-2-22(12-4-13-22)19(25)5-3-14-23-15-11-20(26)24(23)16-10-17-6-8-18(9-7-17)21(27)28/h6-9,19-20,25-26H,2-5,10-16H2,1H3,(H,27,28)/t19-,20?/m0/s1. The van der Waals surface area contributed by atoms with Gasteiger partial charge >= 0.3 is 5.97 Å². The lowest BCUT2D eigenvalue weighted by atomic mass is 9.62. The number of carboxylic acids is 1. The Morgan fingerprint density at radius 3 is 2.54 bits per heavy atom. The number of hydrogen-bond acceptors (Lipinski definition) is 5. The monoisotopic (exact) mass is 390 g/mol. The Balaban J connectivity index is 1.46. The first kappa shape index (κ1) is 21.2. The Morgan fingerprint density at radius 1 is 1.25 bits per heavy atom. The van der Waals surface area contributed by atoms with Crippen LogP contribution in [0.15, 0.2) is 24.3 Å².